The molecule has 44 heavy (non-hydrogen) atoms. The summed E-state index contributed by atoms with van der Waals surface area (Å²) in [4.78, 5) is 57.1. The number of carbonyl (C=O) groups is 2. The quantitative estimate of drug-likeness (QED) is 0.339. The predicted octanol–water partition coefficient (Wildman–Crippen LogP) is 4.39. The van der Waals surface area contributed by atoms with Crippen molar-refractivity contribution in [2.75, 3.05) is 29.1 Å². The number of halogens is 2. The molecule has 5 heterocycles. The Hall–Kier alpha value is -4.91. The number of hydrogen-bond donors (Lipinski definition) is 1. The Balaban J connectivity index is 1.55. The second-order valence-electron chi connectivity index (χ2n) is 10.9. The Morgan fingerprint density at radius 3 is 2.75 bits per heavy atom. The molecule has 1 aliphatic carbocycles. The molecule has 0 saturated carbocycles. The highest BCUT2D eigenvalue weighted by Gasteiger charge is 2.43. The van der Waals surface area contributed by atoms with Crippen molar-refractivity contribution in [1.82, 2.24) is 24.4 Å². The number of thioether (sulfide) groups is 1. The van der Waals surface area contributed by atoms with Crippen LogP contribution in [0.5, 0.6) is 0 Å². The molecular weight excluding hydrogens is 588 g/mol. The first-order valence-electron chi connectivity index (χ1n) is 13.9. The zero-order valence-electron chi connectivity index (χ0n) is 23.7. The van der Waals surface area contributed by atoms with Crippen molar-refractivity contribution in [2.45, 2.75) is 30.7 Å². The Bertz CT molecular complexity index is 2030. The SMILES string of the molecule is C=CC(=O)N1CCN(c2nc(=O)n3c4nc(c(F)cc24)-c2c(F)cccc2NC(=O)CSc2ccnc(C(C)C)c2-3)C2=C[C@@H]21. The van der Waals surface area contributed by atoms with Crippen LogP contribution in [0.3, 0.4) is 0 Å². The maximum atomic E-state index is 16.1. The van der Waals surface area contributed by atoms with Crippen molar-refractivity contribution < 1.29 is 18.4 Å². The fraction of sp³-hybridized carbons (Fsp3) is 0.226. The number of nitrogens with one attached hydrogen (secondary N) is 1. The normalized spacial score (nSPS) is 17.2. The topological polar surface area (TPSA) is 113 Å². The van der Waals surface area contributed by atoms with Crippen molar-refractivity contribution in [3.8, 4) is 16.9 Å². The molecule has 2 aliphatic heterocycles. The van der Waals surface area contributed by atoms with Crippen molar-refractivity contribution in [3.05, 3.63) is 88.8 Å². The lowest BCUT2D eigenvalue weighted by Gasteiger charge is -2.34. The van der Waals surface area contributed by atoms with E-state index in [0.717, 1.165) is 11.8 Å². The maximum Gasteiger partial charge on any atom is 0.355 e. The summed E-state index contributed by atoms with van der Waals surface area (Å²) in [6, 6.07) is 6.64. The second-order valence-corrected chi connectivity index (χ2v) is 11.9. The molecule has 7 rings (SSSR count). The van der Waals surface area contributed by atoms with Gasteiger partial charge in [0.1, 0.15) is 17.3 Å². The number of aromatic nitrogens is 4. The zero-order chi connectivity index (χ0) is 30.9. The number of piperazine rings is 1. The van der Waals surface area contributed by atoms with Crippen molar-refractivity contribution >= 4 is 46.1 Å². The Morgan fingerprint density at radius 2 is 1.98 bits per heavy atom. The number of hydrogen-bond acceptors (Lipinski definition) is 8. The maximum absolute atomic E-state index is 16.1. The van der Waals surface area contributed by atoms with Crippen LogP contribution in [-0.4, -0.2) is 61.1 Å². The van der Waals surface area contributed by atoms with Crippen LogP contribution in [0, 0.1) is 11.6 Å². The van der Waals surface area contributed by atoms with Crippen molar-refractivity contribution in [2.24, 2.45) is 0 Å². The van der Waals surface area contributed by atoms with E-state index in [1.54, 1.807) is 22.1 Å². The van der Waals surface area contributed by atoms with Gasteiger partial charge in [-0.05, 0) is 42.3 Å². The van der Waals surface area contributed by atoms with Crippen LogP contribution < -0.4 is 15.9 Å². The van der Waals surface area contributed by atoms with E-state index in [1.165, 1.54) is 40.6 Å². The standard InChI is InChI=1S/C31H25F2N7O3S/c1-4-24(42)38-10-11-39(21-13-20(21)38)29-16-12-18(33)27-25-17(32)6-5-7-19(25)35-23(41)14-44-22-8-9-34-26(15(2)3)28(22)40(30(16)36-27)31(43)37-29/h4-9,12-13,15,20H,1,10-11,14H2,2-3H3,(H,35,41)/t20-/m0/s1. The van der Waals surface area contributed by atoms with Crippen molar-refractivity contribution in [1.29, 1.82) is 0 Å². The van der Waals surface area contributed by atoms with Gasteiger partial charge in [0.05, 0.1) is 39.8 Å². The first-order valence-corrected chi connectivity index (χ1v) is 14.9. The van der Waals surface area contributed by atoms with Gasteiger partial charge in [0.2, 0.25) is 11.8 Å². The smallest absolute Gasteiger partial charge is 0.325 e. The summed E-state index contributed by atoms with van der Waals surface area (Å²) >= 11 is 1.19. The summed E-state index contributed by atoms with van der Waals surface area (Å²) in [6.07, 6.45) is 4.71. The van der Waals surface area contributed by atoms with E-state index in [1.807, 2.05) is 19.9 Å². The highest BCUT2D eigenvalue weighted by atomic mass is 32.2. The summed E-state index contributed by atoms with van der Waals surface area (Å²) in [5.41, 5.74) is 0.465. The molecule has 0 radical (unpaired) electrons. The van der Waals surface area contributed by atoms with Gasteiger partial charge in [0.15, 0.2) is 11.5 Å². The summed E-state index contributed by atoms with van der Waals surface area (Å²) in [7, 11) is 0. The lowest BCUT2D eigenvalue weighted by Crippen LogP contribution is -2.46. The molecule has 1 saturated heterocycles. The van der Waals surface area contributed by atoms with Gasteiger partial charge < -0.3 is 15.1 Å². The third-order valence-corrected chi connectivity index (χ3v) is 8.87. The molecule has 13 heteroatoms. The minimum Gasteiger partial charge on any atom is -0.325 e. The van der Waals surface area contributed by atoms with Crippen LogP contribution in [0.4, 0.5) is 20.3 Å². The summed E-state index contributed by atoms with van der Waals surface area (Å²) in [6.45, 7) is 8.03. The first-order chi connectivity index (χ1) is 21.2. The number of pyridine rings is 2. The van der Waals surface area contributed by atoms with Gasteiger partial charge in [-0.2, -0.15) is 4.98 Å². The average Bonchev–Trinajstić information content (AvgIpc) is 3.80. The molecule has 0 spiro atoms. The molecule has 1 N–H and O–H groups in total. The van der Waals surface area contributed by atoms with Crippen molar-refractivity contribution in [3.63, 3.8) is 0 Å². The predicted molar refractivity (Wildman–Crippen MR) is 163 cm³/mol. The van der Waals surface area contributed by atoms with Gasteiger partial charge >= 0.3 is 5.69 Å². The van der Waals surface area contributed by atoms with Crippen LogP contribution in [0.1, 0.15) is 25.5 Å². The average molecular weight is 614 g/mol. The van der Waals surface area contributed by atoms with E-state index >= 15 is 8.78 Å². The third-order valence-electron chi connectivity index (χ3n) is 7.82. The summed E-state index contributed by atoms with van der Waals surface area (Å²) in [5.74, 6) is -2.36. The van der Waals surface area contributed by atoms with Crippen LogP contribution in [0.25, 0.3) is 28.0 Å². The van der Waals surface area contributed by atoms with Crippen LogP contribution in [0.15, 0.2) is 70.6 Å². The number of rotatable bonds is 3. The number of nitrogens with zero attached hydrogens (tertiary/aromatic N) is 6. The fourth-order valence-corrected chi connectivity index (χ4v) is 6.63. The molecule has 1 aromatic carbocycles. The largest absolute Gasteiger partial charge is 0.355 e. The highest BCUT2D eigenvalue weighted by molar-refractivity contribution is 8.00. The van der Waals surface area contributed by atoms with E-state index < -0.39 is 23.2 Å². The lowest BCUT2D eigenvalue weighted by atomic mass is 10.1. The molecule has 3 aliphatic rings. The number of anilines is 2. The van der Waals surface area contributed by atoms with E-state index in [-0.39, 0.29) is 57.4 Å². The van der Waals surface area contributed by atoms with E-state index in [9.17, 15) is 14.4 Å². The van der Waals surface area contributed by atoms with Gasteiger partial charge in [-0.1, -0.05) is 26.5 Å². The minimum absolute atomic E-state index is 0.0525. The molecule has 1 fully saturated rings. The monoisotopic (exact) mass is 613 g/mol. The van der Waals surface area contributed by atoms with Gasteiger partial charge in [-0.25, -0.2) is 23.1 Å². The number of benzene rings is 1. The van der Waals surface area contributed by atoms with E-state index in [4.69, 9.17) is 0 Å². The molecule has 4 aromatic rings. The molecule has 3 aromatic heterocycles. The van der Waals surface area contributed by atoms with E-state index in [2.05, 4.69) is 26.8 Å². The molecule has 0 unspecified atom stereocenters. The lowest BCUT2D eigenvalue weighted by molar-refractivity contribution is -0.126. The fourth-order valence-electron chi connectivity index (χ4n) is 5.78. The first kappa shape index (κ1) is 27.9. The van der Waals surface area contributed by atoms with Crippen LogP contribution in [0.2, 0.25) is 0 Å². The van der Waals surface area contributed by atoms with Gasteiger partial charge in [0.25, 0.3) is 0 Å². The van der Waals surface area contributed by atoms with Gasteiger partial charge in [-0.3, -0.25) is 14.6 Å². The van der Waals surface area contributed by atoms with E-state index in [0.29, 0.717) is 29.4 Å². The summed E-state index contributed by atoms with van der Waals surface area (Å²) < 4.78 is 32.8. The van der Waals surface area contributed by atoms with Crippen LogP contribution in [-0.2, 0) is 9.59 Å². The Morgan fingerprint density at radius 1 is 1.16 bits per heavy atom. The number of fused-ring (bicyclic) bond motifs is 6. The number of carbonyl (C=O) groups excluding carboxylic acids is 2. The highest BCUT2D eigenvalue weighted by Crippen LogP contribution is 2.42. The Kier molecular flexibility index (Phi) is 6.57. The molecule has 2 amide bonds. The molecule has 222 valence electrons. The summed E-state index contributed by atoms with van der Waals surface area (Å²) in [5, 5.41) is 2.91. The number of amides is 2. The zero-order valence-corrected chi connectivity index (χ0v) is 24.5. The Labute approximate surface area is 254 Å². The third kappa shape index (κ3) is 4.37. The molecule has 10 nitrogen and oxygen atoms in total. The second kappa shape index (κ2) is 10.4. The van der Waals surface area contributed by atoms with Crippen LogP contribution >= 0.6 is 11.8 Å². The molecular formula is C31H25F2N7O3S. The van der Waals surface area contributed by atoms with Gasteiger partial charge in [0, 0.05) is 29.9 Å². The minimum atomic E-state index is -0.866. The molecule has 1 atom stereocenters. The van der Waals surface area contributed by atoms with Gasteiger partial charge in [-0.15, -0.1) is 11.8 Å². The molecule has 2 bridgehead atoms.